The molecule has 3 saturated carbocycles. The molecule has 1 aromatic rings. The summed E-state index contributed by atoms with van der Waals surface area (Å²) < 4.78 is 18.5. The van der Waals surface area contributed by atoms with Crippen LogP contribution in [0.2, 0.25) is 0 Å². The molecular weight excluding hydrogens is 676 g/mol. The van der Waals surface area contributed by atoms with Crippen LogP contribution in [0.3, 0.4) is 0 Å². The maximum Gasteiger partial charge on any atom is 0.318 e. The number of aliphatic hydroxyl groups excluding tert-OH is 1. The van der Waals surface area contributed by atoms with Crippen molar-refractivity contribution in [2.24, 2.45) is 29.4 Å². The second-order valence-electron chi connectivity index (χ2n) is 16.2. The van der Waals surface area contributed by atoms with E-state index in [9.17, 15) is 19.5 Å². The van der Waals surface area contributed by atoms with Gasteiger partial charge in [0.25, 0.3) is 0 Å². The van der Waals surface area contributed by atoms with Gasteiger partial charge in [-0.3, -0.25) is 14.9 Å². The van der Waals surface area contributed by atoms with E-state index < -0.39 is 35.9 Å². The Morgan fingerprint density at radius 1 is 1.13 bits per heavy atom. The van der Waals surface area contributed by atoms with Crippen molar-refractivity contribution in [1.82, 2.24) is 20.4 Å². The first-order chi connectivity index (χ1) is 25.5. The Morgan fingerprint density at radius 2 is 1.91 bits per heavy atom. The molecule has 1 aromatic carbocycles. The lowest BCUT2D eigenvalue weighted by atomic mass is 9.96. The van der Waals surface area contributed by atoms with Crippen LogP contribution in [0.5, 0.6) is 5.75 Å². The van der Waals surface area contributed by atoms with Crippen molar-refractivity contribution in [2.45, 2.75) is 113 Å². The average molecular weight is 735 g/mol. The predicted molar refractivity (Wildman–Crippen MR) is 200 cm³/mol. The summed E-state index contributed by atoms with van der Waals surface area (Å²) in [5.41, 5.74) is 13.9. The molecule has 4 bridgehead atoms. The summed E-state index contributed by atoms with van der Waals surface area (Å²) in [6, 6.07) is 3.94. The normalized spacial score (nSPS) is 36.6. The molecule has 6 fully saturated rings. The summed E-state index contributed by atoms with van der Waals surface area (Å²) in [7, 11) is 1.62. The number of hydrogen-bond donors (Lipinski definition) is 5. The smallest absolute Gasteiger partial charge is 0.318 e. The lowest BCUT2D eigenvalue weighted by molar-refractivity contribution is -0.139. The zero-order chi connectivity index (χ0) is 37.4. The fourth-order valence-electron chi connectivity index (χ4n) is 9.51. The Bertz CT molecular complexity index is 1580. The third kappa shape index (κ3) is 7.94. The number of aliphatic hydroxyl groups is 1. The van der Waals surface area contributed by atoms with Crippen LogP contribution < -0.4 is 26.8 Å². The summed E-state index contributed by atoms with van der Waals surface area (Å²) in [5.74, 6) is 0.429. The van der Waals surface area contributed by atoms with Crippen LogP contribution in [0.15, 0.2) is 36.4 Å². The van der Waals surface area contributed by atoms with Gasteiger partial charge in [0.05, 0.1) is 31.5 Å². The van der Waals surface area contributed by atoms with Crippen molar-refractivity contribution in [2.75, 3.05) is 39.1 Å². The number of methoxy groups -OCH3 is 1. The SMILES string of the molecule is C=C[C@@H]1C[C@]1(NC(O)[C@@H]1C[C@@H]2CN1C(=O)[C@H](C1CCCC1)NC(=O)N1CC[C@@H](C1)OCCCC1CC1/C(=C/c1ccc(OC)cc1N)C(C)O2)C(N)=O. The molecule has 13 heteroatoms. The van der Waals surface area contributed by atoms with Gasteiger partial charge in [-0.15, -0.1) is 6.58 Å². The molecule has 0 aromatic heterocycles. The fraction of sp³-hybridized carbons (Fsp3) is 0.675. The number of nitrogens with two attached hydrogens (primary N) is 2. The Labute approximate surface area is 312 Å². The fourth-order valence-corrected chi connectivity index (χ4v) is 9.51. The van der Waals surface area contributed by atoms with E-state index in [4.69, 9.17) is 25.7 Å². The highest BCUT2D eigenvalue weighted by atomic mass is 16.5. The van der Waals surface area contributed by atoms with Gasteiger partial charge in [0.1, 0.15) is 23.6 Å². The van der Waals surface area contributed by atoms with Crippen LogP contribution in [0, 0.1) is 23.7 Å². The highest BCUT2D eigenvalue weighted by molar-refractivity contribution is 5.89. The number of hydrogen-bond acceptors (Lipinski definition) is 9. The van der Waals surface area contributed by atoms with Crippen molar-refractivity contribution in [1.29, 1.82) is 0 Å². The lowest BCUT2D eigenvalue weighted by Crippen LogP contribution is -2.60. The minimum absolute atomic E-state index is 0.0262. The summed E-state index contributed by atoms with van der Waals surface area (Å²) in [6.45, 7) is 7.81. The summed E-state index contributed by atoms with van der Waals surface area (Å²) in [5, 5.41) is 18.1. The van der Waals surface area contributed by atoms with Crippen molar-refractivity contribution in [3.8, 4) is 5.75 Å². The number of nitrogen functional groups attached to an aromatic ring is 1. The first kappa shape index (κ1) is 37.7. The Hall–Kier alpha value is -3.65. The average Bonchev–Trinajstić information content (AvgIpc) is 3.75. The number of anilines is 1. The van der Waals surface area contributed by atoms with Crippen LogP contribution in [0.25, 0.3) is 6.08 Å². The quantitative estimate of drug-likeness (QED) is 0.152. The van der Waals surface area contributed by atoms with Crippen LogP contribution >= 0.6 is 0 Å². The van der Waals surface area contributed by atoms with Gasteiger partial charge in [0.15, 0.2) is 0 Å². The van der Waals surface area contributed by atoms with Crippen molar-refractivity contribution in [3.63, 3.8) is 0 Å². The summed E-state index contributed by atoms with van der Waals surface area (Å²) in [6.07, 6.45) is 9.92. The number of nitrogens with zero attached hydrogens (tertiary/aromatic N) is 2. The van der Waals surface area contributed by atoms with E-state index in [1.165, 1.54) is 0 Å². The molecule has 53 heavy (non-hydrogen) atoms. The van der Waals surface area contributed by atoms with Gasteiger partial charge in [0.2, 0.25) is 11.8 Å². The lowest BCUT2D eigenvalue weighted by Gasteiger charge is -2.35. The van der Waals surface area contributed by atoms with E-state index in [0.717, 1.165) is 62.5 Å². The highest BCUT2D eigenvalue weighted by Gasteiger charge is 2.59. The van der Waals surface area contributed by atoms with Crippen molar-refractivity contribution < 1.29 is 33.7 Å². The zero-order valence-electron chi connectivity index (χ0n) is 31.2. The molecule has 10 atom stereocenters. The molecule has 7 N–H and O–H groups in total. The summed E-state index contributed by atoms with van der Waals surface area (Å²) >= 11 is 0. The van der Waals surface area contributed by atoms with Crippen molar-refractivity contribution >= 4 is 29.6 Å². The number of rotatable bonds is 8. The minimum atomic E-state index is -1.27. The van der Waals surface area contributed by atoms with Gasteiger partial charge in [-0.05, 0) is 99.3 Å². The molecule has 4 unspecified atom stereocenters. The molecule has 3 heterocycles. The number of carbonyl (C=O) groups is 3. The monoisotopic (exact) mass is 734 g/mol. The second kappa shape index (κ2) is 15.6. The van der Waals surface area contributed by atoms with Crippen LogP contribution in [-0.4, -0.2) is 108 Å². The van der Waals surface area contributed by atoms with E-state index in [2.05, 4.69) is 23.3 Å². The van der Waals surface area contributed by atoms with E-state index in [-0.39, 0.29) is 42.5 Å². The number of primary amides is 1. The Kier molecular flexibility index (Phi) is 11.1. The number of nitrogens with one attached hydrogen (secondary N) is 2. The van der Waals surface area contributed by atoms with Crippen LogP contribution in [0.4, 0.5) is 10.5 Å². The molecule has 0 spiro atoms. The maximum absolute atomic E-state index is 14.8. The third-order valence-electron chi connectivity index (χ3n) is 12.9. The Morgan fingerprint density at radius 3 is 2.60 bits per heavy atom. The number of ether oxygens (including phenoxy) is 3. The number of urea groups is 1. The minimum Gasteiger partial charge on any atom is -0.497 e. The van der Waals surface area contributed by atoms with E-state index in [0.29, 0.717) is 55.8 Å². The van der Waals surface area contributed by atoms with Crippen LogP contribution in [0.1, 0.15) is 76.7 Å². The molecule has 290 valence electrons. The van der Waals surface area contributed by atoms with Crippen LogP contribution in [-0.2, 0) is 19.1 Å². The molecular formula is C40H58N6O7. The standard InChI is InChI=1S/C40H58N6O7/c1-4-27-20-40(27,38(42)49)44-36(47)34-19-30-22-46(34)37(48)35(24-8-5-6-9-24)43-39(50)45-14-13-29(21-45)52-15-7-10-25-16-32(25)31(23(2)53-30)17-26-11-12-28(51-3)18-33(26)41/h4,11-12,17-18,23-25,27,29-30,32,34-36,44,47H,1,5-10,13-16,19-22,41H2,2-3H3,(H2,42,49)(H,43,50)/b31-17+/t23?,25?,27-,29+,30-,32?,34+,35+,36?,40-/m1/s1. The molecule has 0 radical (unpaired) electrons. The van der Waals surface area contributed by atoms with Gasteiger partial charge in [-0.25, -0.2) is 4.79 Å². The topological polar surface area (TPSA) is 182 Å². The molecule has 4 amide bonds. The van der Waals surface area contributed by atoms with E-state index in [1.54, 1.807) is 23.0 Å². The van der Waals surface area contributed by atoms with Gasteiger partial charge in [0, 0.05) is 43.9 Å². The zero-order valence-corrected chi connectivity index (χ0v) is 31.2. The molecule has 7 rings (SSSR count). The van der Waals surface area contributed by atoms with Gasteiger partial charge in [-0.1, -0.05) is 25.0 Å². The Balaban J connectivity index is 1.20. The van der Waals surface area contributed by atoms with Crippen molar-refractivity contribution in [3.05, 3.63) is 42.0 Å². The first-order valence-corrected chi connectivity index (χ1v) is 19.7. The third-order valence-corrected chi connectivity index (χ3v) is 12.9. The van der Waals surface area contributed by atoms with Gasteiger partial charge in [-0.2, -0.15) is 0 Å². The highest BCUT2D eigenvalue weighted by Crippen LogP contribution is 2.50. The number of amides is 4. The largest absolute Gasteiger partial charge is 0.497 e. The maximum atomic E-state index is 14.8. The van der Waals surface area contributed by atoms with Gasteiger partial charge >= 0.3 is 6.03 Å². The predicted octanol–water partition coefficient (Wildman–Crippen LogP) is 3.16. The molecule has 3 saturated heterocycles. The first-order valence-electron chi connectivity index (χ1n) is 19.7. The molecule has 13 nitrogen and oxygen atoms in total. The van der Waals surface area contributed by atoms with E-state index in [1.807, 2.05) is 25.1 Å². The number of fused-ring (bicyclic) bond motifs is 5. The number of benzene rings is 1. The van der Waals surface area contributed by atoms with E-state index >= 15 is 0 Å². The number of carbonyl (C=O) groups excluding carboxylic acids is 3. The summed E-state index contributed by atoms with van der Waals surface area (Å²) in [4.78, 5) is 44.6. The molecule has 3 aliphatic carbocycles. The molecule has 3 aliphatic heterocycles. The van der Waals surface area contributed by atoms with Gasteiger partial charge < -0.3 is 45.9 Å². The molecule has 6 aliphatic rings. The second-order valence-corrected chi connectivity index (χ2v) is 16.2.